The number of rotatable bonds is 5. The van der Waals surface area contributed by atoms with E-state index in [1.807, 2.05) is 30.3 Å². The number of unbranched alkanes of at least 4 members (excludes halogenated alkanes) is 1. The predicted octanol–water partition coefficient (Wildman–Crippen LogP) is 4.02. The number of hydrogen-bond donors (Lipinski definition) is 0. The molecular weight excluding hydrogens is 259 g/mol. The van der Waals surface area contributed by atoms with E-state index in [0.29, 0.717) is 17.0 Å². The first kappa shape index (κ1) is 14.1. The molecule has 0 N–H and O–H groups in total. The number of halogens is 2. The fourth-order valence-corrected chi connectivity index (χ4v) is 1.72. The van der Waals surface area contributed by atoms with Crippen LogP contribution in [0.5, 0.6) is 0 Å². The molecule has 0 aromatic heterocycles. The quantitative estimate of drug-likeness (QED) is 0.744. The Morgan fingerprint density at radius 2 is 1.88 bits per heavy atom. The summed E-state index contributed by atoms with van der Waals surface area (Å²) < 4.78 is 0.582. The van der Waals surface area contributed by atoms with Gasteiger partial charge in [0.15, 0.2) is 0 Å². The zero-order chi connectivity index (χ0) is 12.7. The molecule has 0 saturated heterocycles. The van der Waals surface area contributed by atoms with E-state index in [0.717, 1.165) is 18.4 Å². The Morgan fingerprint density at radius 3 is 2.41 bits per heavy atom. The molecule has 17 heavy (non-hydrogen) atoms. The van der Waals surface area contributed by atoms with E-state index < -0.39 is 0 Å². The predicted molar refractivity (Wildman–Crippen MR) is 70.7 cm³/mol. The molecule has 0 unspecified atom stereocenters. The summed E-state index contributed by atoms with van der Waals surface area (Å²) in [6.07, 6.45) is 1.95. The van der Waals surface area contributed by atoms with E-state index in [2.05, 4.69) is 6.92 Å². The van der Waals surface area contributed by atoms with E-state index in [9.17, 15) is 4.79 Å². The van der Waals surface area contributed by atoms with Crippen molar-refractivity contribution in [3.8, 4) is 0 Å². The van der Waals surface area contributed by atoms with E-state index in [1.165, 1.54) is 0 Å². The van der Waals surface area contributed by atoms with Gasteiger partial charge < -0.3 is 4.90 Å². The van der Waals surface area contributed by atoms with Crippen LogP contribution in [-0.4, -0.2) is 21.4 Å². The lowest BCUT2D eigenvalue weighted by Crippen LogP contribution is -2.35. The molecule has 0 fully saturated rings. The lowest BCUT2D eigenvalue weighted by molar-refractivity contribution is 0.189. The first-order chi connectivity index (χ1) is 8.15. The van der Waals surface area contributed by atoms with Gasteiger partial charge in [-0.05, 0) is 12.0 Å². The Bertz CT molecular complexity index is 344. The summed E-state index contributed by atoms with van der Waals surface area (Å²) in [5, 5.41) is 0. The van der Waals surface area contributed by atoms with Gasteiger partial charge in [0.05, 0.1) is 0 Å². The molecular formula is C12H16Cl2N2O. The Hall–Kier alpha value is -0.930. The number of carbonyl (C=O) groups is 1. The van der Waals surface area contributed by atoms with Crippen molar-refractivity contribution in [2.45, 2.75) is 26.3 Å². The van der Waals surface area contributed by atoms with Gasteiger partial charge in [-0.15, -0.1) is 3.94 Å². The van der Waals surface area contributed by atoms with Crippen molar-refractivity contribution in [2.24, 2.45) is 0 Å². The molecule has 0 spiro atoms. The van der Waals surface area contributed by atoms with Crippen LogP contribution >= 0.6 is 23.6 Å². The van der Waals surface area contributed by atoms with Crippen LogP contribution in [0.3, 0.4) is 0 Å². The SMILES string of the molecule is CCCCN(Cc1ccccc1)C(=O)N(Cl)Cl. The molecule has 0 aliphatic carbocycles. The van der Waals surface area contributed by atoms with Gasteiger partial charge in [0, 0.05) is 36.6 Å². The average Bonchev–Trinajstić information content (AvgIpc) is 2.34. The molecule has 2 amide bonds. The van der Waals surface area contributed by atoms with Gasteiger partial charge in [0.1, 0.15) is 0 Å². The summed E-state index contributed by atoms with van der Waals surface area (Å²) in [4.78, 5) is 13.4. The van der Waals surface area contributed by atoms with Crippen LogP contribution < -0.4 is 0 Å². The van der Waals surface area contributed by atoms with Gasteiger partial charge >= 0.3 is 6.03 Å². The minimum Gasteiger partial charge on any atom is -0.318 e. The van der Waals surface area contributed by atoms with Crippen molar-refractivity contribution in [1.82, 2.24) is 8.84 Å². The number of nitrogens with zero attached hydrogens (tertiary/aromatic N) is 2. The summed E-state index contributed by atoms with van der Waals surface area (Å²) in [5.74, 6) is 0. The number of carbonyl (C=O) groups excluding carboxylic acids is 1. The Kier molecular flexibility index (Phi) is 6.16. The second kappa shape index (κ2) is 7.41. The summed E-state index contributed by atoms with van der Waals surface area (Å²) in [6.45, 7) is 3.25. The van der Waals surface area contributed by atoms with Crippen molar-refractivity contribution < 1.29 is 4.79 Å². The Labute approximate surface area is 112 Å². The molecule has 0 saturated carbocycles. The molecule has 94 valence electrons. The normalized spacial score (nSPS) is 10.1. The highest BCUT2D eigenvalue weighted by molar-refractivity contribution is 6.41. The highest BCUT2D eigenvalue weighted by Crippen LogP contribution is 2.12. The lowest BCUT2D eigenvalue weighted by Gasteiger charge is -2.23. The van der Waals surface area contributed by atoms with Crippen LogP contribution in [0.2, 0.25) is 0 Å². The molecule has 0 heterocycles. The number of amides is 2. The van der Waals surface area contributed by atoms with Crippen molar-refractivity contribution in [1.29, 1.82) is 0 Å². The maximum Gasteiger partial charge on any atom is 0.350 e. The molecule has 1 aromatic carbocycles. The Balaban J connectivity index is 2.66. The zero-order valence-electron chi connectivity index (χ0n) is 9.77. The monoisotopic (exact) mass is 274 g/mol. The lowest BCUT2D eigenvalue weighted by atomic mass is 10.2. The van der Waals surface area contributed by atoms with Gasteiger partial charge in [0.2, 0.25) is 0 Å². The average molecular weight is 275 g/mol. The van der Waals surface area contributed by atoms with Crippen LogP contribution in [0.25, 0.3) is 0 Å². The van der Waals surface area contributed by atoms with Gasteiger partial charge in [-0.3, -0.25) is 0 Å². The molecule has 1 aromatic rings. The van der Waals surface area contributed by atoms with Gasteiger partial charge in [0.25, 0.3) is 0 Å². The van der Waals surface area contributed by atoms with E-state index in [4.69, 9.17) is 23.6 Å². The van der Waals surface area contributed by atoms with Gasteiger partial charge in [-0.1, -0.05) is 43.7 Å². The summed E-state index contributed by atoms with van der Waals surface area (Å²) in [7, 11) is 0. The summed E-state index contributed by atoms with van der Waals surface area (Å²) in [5.41, 5.74) is 1.06. The number of urea groups is 1. The first-order valence-electron chi connectivity index (χ1n) is 5.59. The maximum atomic E-state index is 11.7. The van der Waals surface area contributed by atoms with E-state index in [-0.39, 0.29) is 6.03 Å². The summed E-state index contributed by atoms with van der Waals surface area (Å²) >= 11 is 11.0. The van der Waals surface area contributed by atoms with Crippen LogP contribution in [0.15, 0.2) is 30.3 Å². The van der Waals surface area contributed by atoms with Crippen molar-refractivity contribution >= 4 is 29.6 Å². The van der Waals surface area contributed by atoms with E-state index >= 15 is 0 Å². The maximum absolute atomic E-state index is 11.7. The third kappa shape index (κ3) is 4.84. The molecule has 1 rings (SSSR count). The molecule has 0 aliphatic rings. The second-order valence-corrected chi connectivity index (χ2v) is 4.63. The summed E-state index contributed by atoms with van der Waals surface area (Å²) in [6, 6.07) is 9.38. The van der Waals surface area contributed by atoms with Gasteiger partial charge in [-0.2, -0.15) is 0 Å². The molecule has 0 aliphatic heterocycles. The van der Waals surface area contributed by atoms with Crippen molar-refractivity contribution in [3.05, 3.63) is 35.9 Å². The van der Waals surface area contributed by atoms with Crippen LogP contribution in [0.4, 0.5) is 4.79 Å². The number of hydrogen-bond acceptors (Lipinski definition) is 1. The van der Waals surface area contributed by atoms with Crippen molar-refractivity contribution in [2.75, 3.05) is 6.54 Å². The highest BCUT2D eigenvalue weighted by Gasteiger charge is 2.17. The zero-order valence-corrected chi connectivity index (χ0v) is 11.3. The number of benzene rings is 1. The molecule has 0 radical (unpaired) electrons. The fourth-order valence-electron chi connectivity index (χ4n) is 1.50. The minimum absolute atomic E-state index is 0.384. The first-order valence-corrected chi connectivity index (χ1v) is 6.27. The topological polar surface area (TPSA) is 23.6 Å². The van der Waals surface area contributed by atoms with Crippen LogP contribution in [0.1, 0.15) is 25.3 Å². The second-order valence-electron chi connectivity index (χ2n) is 3.78. The van der Waals surface area contributed by atoms with Crippen molar-refractivity contribution in [3.63, 3.8) is 0 Å². The highest BCUT2D eigenvalue weighted by atomic mass is 35.5. The standard InChI is InChI=1S/C12H16Cl2N2O/c1-2-3-9-15(12(17)16(13)14)10-11-7-5-4-6-8-11/h4-8H,2-3,9-10H2,1H3. The van der Waals surface area contributed by atoms with Crippen LogP contribution in [0, 0.1) is 0 Å². The smallest absolute Gasteiger partial charge is 0.318 e. The van der Waals surface area contributed by atoms with Crippen LogP contribution in [-0.2, 0) is 6.54 Å². The molecule has 5 heteroatoms. The largest absolute Gasteiger partial charge is 0.350 e. The fraction of sp³-hybridized carbons (Fsp3) is 0.417. The minimum atomic E-state index is -0.384. The van der Waals surface area contributed by atoms with E-state index in [1.54, 1.807) is 4.90 Å². The Morgan fingerprint density at radius 1 is 1.24 bits per heavy atom. The van der Waals surface area contributed by atoms with Gasteiger partial charge in [-0.25, -0.2) is 4.79 Å². The molecule has 3 nitrogen and oxygen atoms in total. The third-order valence-corrected chi connectivity index (χ3v) is 2.70. The molecule has 0 atom stereocenters. The third-order valence-electron chi connectivity index (χ3n) is 2.41. The molecule has 0 bridgehead atoms.